The van der Waals surface area contributed by atoms with Gasteiger partial charge in [0.1, 0.15) is 18.1 Å². The Morgan fingerprint density at radius 2 is 1.42 bits per heavy atom. The van der Waals surface area contributed by atoms with Crippen LogP contribution in [0.15, 0.2) is 77.2 Å². The molecular weight excluding hydrogens is 304 g/mol. The van der Waals surface area contributed by atoms with Gasteiger partial charge in [-0.25, -0.2) is 0 Å². The van der Waals surface area contributed by atoms with Gasteiger partial charge in [-0.1, -0.05) is 60.7 Å². The minimum absolute atomic E-state index is 0.0362. The Bertz CT molecular complexity index is 710. The zero-order chi connectivity index (χ0) is 16.8. The summed E-state index contributed by atoms with van der Waals surface area (Å²) in [6.07, 6.45) is 0. The van der Waals surface area contributed by atoms with Crippen molar-refractivity contribution in [2.75, 3.05) is 13.2 Å². The van der Waals surface area contributed by atoms with E-state index in [4.69, 9.17) is 14.3 Å². The molecule has 3 rings (SSSR count). The number of hydrogen-bond donors (Lipinski definition) is 2. The van der Waals surface area contributed by atoms with Gasteiger partial charge in [-0.15, -0.1) is 0 Å². The van der Waals surface area contributed by atoms with Gasteiger partial charge in [0.2, 0.25) is 0 Å². The number of ether oxygens (including phenoxy) is 1. The van der Waals surface area contributed by atoms with E-state index in [9.17, 15) is 5.11 Å². The zero-order valence-electron chi connectivity index (χ0n) is 13.3. The maximum atomic E-state index is 11.5. The van der Waals surface area contributed by atoms with Crippen molar-refractivity contribution < 1.29 is 19.4 Å². The van der Waals surface area contributed by atoms with E-state index >= 15 is 0 Å². The first-order valence-corrected chi connectivity index (χ1v) is 7.86. The minimum Gasteiger partial charge on any atom is -0.460 e. The van der Waals surface area contributed by atoms with E-state index in [0.717, 1.165) is 11.1 Å². The third-order valence-corrected chi connectivity index (χ3v) is 3.88. The summed E-state index contributed by atoms with van der Waals surface area (Å²) >= 11 is 0. The molecule has 124 valence electrons. The second kappa shape index (κ2) is 7.45. The molecule has 1 aromatic heterocycles. The molecule has 0 saturated carbocycles. The Morgan fingerprint density at radius 3 is 1.96 bits per heavy atom. The molecule has 0 unspecified atom stereocenters. The molecular formula is C20H20O4. The van der Waals surface area contributed by atoms with Crippen molar-refractivity contribution in [3.05, 3.63) is 95.4 Å². The summed E-state index contributed by atoms with van der Waals surface area (Å²) in [5.41, 5.74) is 0.0827. The van der Waals surface area contributed by atoms with E-state index in [-0.39, 0.29) is 19.8 Å². The first kappa shape index (κ1) is 16.5. The molecule has 0 fully saturated rings. The van der Waals surface area contributed by atoms with Crippen molar-refractivity contribution in [2.45, 2.75) is 12.2 Å². The summed E-state index contributed by atoms with van der Waals surface area (Å²) in [4.78, 5) is 0. The molecule has 0 radical (unpaired) electrons. The number of furan rings is 1. The summed E-state index contributed by atoms with van der Waals surface area (Å²) in [6, 6.07) is 22.4. The maximum Gasteiger partial charge on any atom is 0.173 e. The van der Waals surface area contributed by atoms with Crippen LogP contribution in [0.4, 0.5) is 0 Å². The number of rotatable bonds is 7. The summed E-state index contributed by atoms with van der Waals surface area (Å²) in [7, 11) is 0. The van der Waals surface area contributed by atoms with Crippen LogP contribution in [0.5, 0.6) is 0 Å². The highest BCUT2D eigenvalue weighted by atomic mass is 16.5. The lowest BCUT2D eigenvalue weighted by molar-refractivity contribution is 0.0624. The minimum atomic E-state index is -1.38. The van der Waals surface area contributed by atoms with E-state index in [1.807, 2.05) is 60.7 Å². The average molecular weight is 324 g/mol. The van der Waals surface area contributed by atoms with Crippen molar-refractivity contribution in [1.82, 2.24) is 0 Å². The van der Waals surface area contributed by atoms with Crippen LogP contribution in [-0.2, 0) is 16.9 Å². The first-order valence-electron chi connectivity index (χ1n) is 7.86. The molecule has 1 heterocycles. The van der Waals surface area contributed by atoms with Crippen LogP contribution in [0.2, 0.25) is 0 Å². The summed E-state index contributed by atoms with van der Waals surface area (Å²) in [5, 5.41) is 20.3. The third-order valence-electron chi connectivity index (χ3n) is 3.88. The second-order valence-corrected chi connectivity index (χ2v) is 5.48. The predicted octanol–water partition coefficient (Wildman–Crippen LogP) is 3.07. The van der Waals surface area contributed by atoms with Crippen molar-refractivity contribution in [3.8, 4) is 0 Å². The van der Waals surface area contributed by atoms with Crippen molar-refractivity contribution in [3.63, 3.8) is 0 Å². The highest BCUT2D eigenvalue weighted by Gasteiger charge is 2.36. The average Bonchev–Trinajstić information content (AvgIpc) is 3.12. The Morgan fingerprint density at radius 1 is 0.833 bits per heavy atom. The van der Waals surface area contributed by atoms with Gasteiger partial charge < -0.3 is 19.4 Å². The van der Waals surface area contributed by atoms with E-state index in [2.05, 4.69) is 0 Å². The summed E-state index contributed by atoms with van der Waals surface area (Å²) in [6.45, 7) is 0.462. The largest absolute Gasteiger partial charge is 0.460 e. The molecule has 0 atom stereocenters. The van der Waals surface area contributed by atoms with Gasteiger partial charge in [0.15, 0.2) is 5.60 Å². The smallest absolute Gasteiger partial charge is 0.173 e. The van der Waals surface area contributed by atoms with Crippen LogP contribution >= 0.6 is 0 Å². The van der Waals surface area contributed by atoms with Crippen LogP contribution in [0.25, 0.3) is 0 Å². The molecule has 3 aromatic rings. The Hall–Kier alpha value is -2.40. The topological polar surface area (TPSA) is 62.8 Å². The molecule has 4 nitrogen and oxygen atoms in total. The lowest BCUT2D eigenvalue weighted by Crippen LogP contribution is -2.28. The molecule has 0 aliphatic heterocycles. The molecule has 2 N–H and O–H groups in total. The van der Waals surface area contributed by atoms with Crippen LogP contribution in [-0.4, -0.2) is 23.4 Å². The van der Waals surface area contributed by atoms with Crippen LogP contribution in [0.1, 0.15) is 22.6 Å². The highest BCUT2D eigenvalue weighted by Crippen LogP contribution is 2.37. The molecule has 0 spiro atoms. The van der Waals surface area contributed by atoms with Crippen molar-refractivity contribution >= 4 is 0 Å². The van der Waals surface area contributed by atoms with Gasteiger partial charge in [-0.2, -0.15) is 0 Å². The van der Waals surface area contributed by atoms with Gasteiger partial charge in [0, 0.05) is 0 Å². The molecule has 0 bridgehead atoms. The quantitative estimate of drug-likeness (QED) is 0.656. The van der Waals surface area contributed by atoms with Gasteiger partial charge in [0.05, 0.1) is 13.2 Å². The Labute approximate surface area is 141 Å². The van der Waals surface area contributed by atoms with E-state index in [1.54, 1.807) is 12.1 Å². The molecule has 2 aromatic carbocycles. The standard InChI is InChI=1S/C20H20O4/c21-13-14-23-15-18-11-12-19(24-18)20(22,16-7-3-1-4-8-16)17-9-5-2-6-10-17/h1-12,21-22H,13-15H2. The van der Waals surface area contributed by atoms with Crippen LogP contribution in [0, 0.1) is 0 Å². The SMILES string of the molecule is OCCOCc1ccc(C(O)(c2ccccc2)c2ccccc2)o1. The molecule has 0 amide bonds. The molecule has 0 aliphatic rings. The van der Waals surface area contributed by atoms with Crippen LogP contribution < -0.4 is 0 Å². The fraction of sp³-hybridized carbons (Fsp3) is 0.200. The van der Waals surface area contributed by atoms with Crippen LogP contribution in [0.3, 0.4) is 0 Å². The number of aliphatic hydroxyl groups is 2. The zero-order valence-corrected chi connectivity index (χ0v) is 13.3. The van der Waals surface area contributed by atoms with Crippen molar-refractivity contribution in [2.24, 2.45) is 0 Å². The Kier molecular flexibility index (Phi) is 5.11. The number of aliphatic hydroxyl groups excluding tert-OH is 1. The number of benzene rings is 2. The third kappa shape index (κ3) is 3.26. The number of hydrogen-bond acceptors (Lipinski definition) is 4. The summed E-state index contributed by atoms with van der Waals surface area (Å²) in [5.74, 6) is 1.03. The van der Waals surface area contributed by atoms with Gasteiger partial charge in [0.25, 0.3) is 0 Å². The van der Waals surface area contributed by atoms with E-state index in [1.165, 1.54) is 0 Å². The van der Waals surface area contributed by atoms with E-state index < -0.39 is 5.60 Å². The van der Waals surface area contributed by atoms with Gasteiger partial charge in [-0.3, -0.25) is 0 Å². The predicted molar refractivity (Wildman–Crippen MR) is 90.4 cm³/mol. The molecule has 4 heteroatoms. The normalized spacial score (nSPS) is 11.6. The molecule has 0 aliphatic carbocycles. The van der Waals surface area contributed by atoms with E-state index in [0.29, 0.717) is 11.5 Å². The Balaban J connectivity index is 2.00. The van der Waals surface area contributed by atoms with Gasteiger partial charge in [-0.05, 0) is 23.3 Å². The first-order chi connectivity index (χ1) is 11.7. The maximum absolute atomic E-state index is 11.5. The molecule has 0 saturated heterocycles. The summed E-state index contributed by atoms with van der Waals surface area (Å²) < 4.78 is 11.1. The molecule has 24 heavy (non-hydrogen) atoms. The lowest BCUT2D eigenvalue weighted by Gasteiger charge is -2.27. The van der Waals surface area contributed by atoms with Crippen molar-refractivity contribution in [1.29, 1.82) is 0 Å². The second-order valence-electron chi connectivity index (χ2n) is 5.48. The fourth-order valence-electron chi connectivity index (χ4n) is 2.70. The lowest BCUT2D eigenvalue weighted by atomic mass is 9.84. The fourth-order valence-corrected chi connectivity index (χ4v) is 2.70. The highest BCUT2D eigenvalue weighted by molar-refractivity contribution is 5.43. The monoisotopic (exact) mass is 324 g/mol. The van der Waals surface area contributed by atoms with Gasteiger partial charge >= 0.3 is 0 Å².